The Balaban J connectivity index is 2.23. The minimum Gasteiger partial charge on any atom is -0.319 e. The first-order chi connectivity index (χ1) is 8.22. The molecule has 0 aliphatic rings. The van der Waals surface area contributed by atoms with Crippen LogP contribution in [0.5, 0.6) is 0 Å². The summed E-state index contributed by atoms with van der Waals surface area (Å²) in [4.78, 5) is 22.3. The molecule has 0 unspecified atom stereocenters. The van der Waals surface area contributed by atoms with Gasteiger partial charge in [0.25, 0.3) is 5.78 Å². The van der Waals surface area contributed by atoms with Gasteiger partial charge in [-0.1, -0.05) is 15.9 Å². The van der Waals surface area contributed by atoms with E-state index in [0.29, 0.717) is 21.8 Å². The van der Waals surface area contributed by atoms with Crippen LogP contribution in [0.2, 0.25) is 0 Å². The highest BCUT2D eigenvalue weighted by atomic mass is 79.9. The standard InChI is InChI=1S/C10H6BrN5O/c11-6-4-7(13-8(17)5-6)9-14-10-12-2-1-3-16(10)15-9/h1-5H,(H,13,17). The fraction of sp³-hybridized carbons (Fsp3) is 0. The Morgan fingerprint density at radius 3 is 3.00 bits per heavy atom. The molecule has 3 aromatic rings. The van der Waals surface area contributed by atoms with E-state index in [4.69, 9.17) is 0 Å². The second-order valence-electron chi connectivity index (χ2n) is 3.38. The molecule has 0 radical (unpaired) electrons. The zero-order valence-corrected chi connectivity index (χ0v) is 10.0. The number of aromatic nitrogens is 5. The summed E-state index contributed by atoms with van der Waals surface area (Å²) in [5, 5.41) is 4.22. The van der Waals surface area contributed by atoms with Crippen molar-refractivity contribution in [2.45, 2.75) is 0 Å². The van der Waals surface area contributed by atoms with Gasteiger partial charge in [0, 0.05) is 22.9 Å². The summed E-state index contributed by atoms with van der Waals surface area (Å²) in [5.41, 5.74) is 0.344. The molecule has 0 saturated heterocycles. The van der Waals surface area contributed by atoms with Gasteiger partial charge in [0.15, 0.2) is 5.82 Å². The molecular formula is C10H6BrN5O. The van der Waals surface area contributed by atoms with Gasteiger partial charge in [-0.05, 0) is 12.1 Å². The molecule has 3 aromatic heterocycles. The number of halogens is 1. The Hall–Kier alpha value is -2.02. The molecule has 84 valence electrons. The maximum absolute atomic E-state index is 11.3. The van der Waals surface area contributed by atoms with Crippen LogP contribution in [0.3, 0.4) is 0 Å². The first kappa shape index (κ1) is 10.2. The first-order valence-corrected chi connectivity index (χ1v) is 5.59. The molecule has 0 spiro atoms. The summed E-state index contributed by atoms with van der Waals surface area (Å²) in [7, 11) is 0. The third kappa shape index (κ3) is 1.84. The van der Waals surface area contributed by atoms with E-state index < -0.39 is 0 Å². The van der Waals surface area contributed by atoms with Crippen molar-refractivity contribution in [1.82, 2.24) is 24.6 Å². The average molecular weight is 292 g/mol. The molecule has 0 amide bonds. The molecule has 0 aliphatic heterocycles. The zero-order chi connectivity index (χ0) is 11.8. The molecule has 0 saturated carbocycles. The van der Waals surface area contributed by atoms with Crippen LogP contribution in [0.15, 0.2) is 39.9 Å². The summed E-state index contributed by atoms with van der Waals surface area (Å²) >= 11 is 3.26. The normalized spacial score (nSPS) is 10.9. The van der Waals surface area contributed by atoms with Crippen LogP contribution in [-0.2, 0) is 0 Å². The summed E-state index contributed by atoms with van der Waals surface area (Å²) in [6, 6.07) is 4.95. The molecule has 1 N–H and O–H groups in total. The summed E-state index contributed by atoms with van der Waals surface area (Å²) < 4.78 is 2.23. The predicted octanol–water partition coefficient (Wildman–Crippen LogP) is 1.24. The Kier molecular flexibility index (Phi) is 2.25. The van der Waals surface area contributed by atoms with Crippen LogP contribution in [0.1, 0.15) is 0 Å². The van der Waals surface area contributed by atoms with Gasteiger partial charge >= 0.3 is 0 Å². The maximum atomic E-state index is 11.3. The molecule has 3 rings (SSSR count). The van der Waals surface area contributed by atoms with Crippen molar-refractivity contribution in [1.29, 1.82) is 0 Å². The zero-order valence-electron chi connectivity index (χ0n) is 8.46. The smallest absolute Gasteiger partial charge is 0.252 e. The van der Waals surface area contributed by atoms with Gasteiger partial charge in [0.05, 0.1) is 5.69 Å². The largest absolute Gasteiger partial charge is 0.319 e. The summed E-state index contributed by atoms with van der Waals surface area (Å²) in [6.45, 7) is 0. The number of hydrogen-bond acceptors (Lipinski definition) is 4. The molecule has 0 fully saturated rings. The van der Waals surface area contributed by atoms with Gasteiger partial charge in [-0.3, -0.25) is 4.79 Å². The fourth-order valence-electron chi connectivity index (χ4n) is 1.48. The Morgan fingerprint density at radius 1 is 1.35 bits per heavy atom. The molecule has 6 nitrogen and oxygen atoms in total. The third-order valence-electron chi connectivity index (χ3n) is 2.17. The molecule has 0 bridgehead atoms. The topological polar surface area (TPSA) is 75.9 Å². The third-order valence-corrected chi connectivity index (χ3v) is 2.62. The van der Waals surface area contributed by atoms with Gasteiger partial charge in [-0.15, -0.1) is 5.10 Å². The molecular weight excluding hydrogens is 286 g/mol. The number of hydrogen-bond donors (Lipinski definition) is 1. The molecule has 0 aliphatic carbocycles. The van der Waals surface area contributed by atoms with E-state index in [1.807, 2.05) is 0 Å². The van der Waals surface area contributed by atoms with Gasteiger partial charge in [-0.25, -0.2) is 9.50 Å². The summed E-state index contributed by atoms with van der Waals surface area (Å²) in [6.07, 6.45) is 3.38. The van der Waals surface area contributed by atoms with E-state index in [2.05, 4.69) is 36.0 Å². The van der Waals surface area contributed by atoms with Crippen molar-refractivity contribution in [2.24, 2.45) is 0 Å². The lowest BCUT2D eigenvalue weighted by atomic mass is 10.3. The lowest BCUT2D eigenvalue weighted by Gasteiger charge is -1.94. The van der Waals surface area contributed by atoms with Crippen LogP contribution < -0.4 is 5.56 Å². The van der Waals surface area contributed by atoms with Crippen LogP contribution in [0.4, 0.5) is 0 Å². The minimum absolute atomic E-state index is 0.207. The SMILES string of the molecule is O=c1cc(Br)cc(-c2nc3ncccn3n2)[nH]1. The van der Waals surface area contributed by atoms with Crippen molar-refractivity contribution >= 4 is 21.7 Å². The monoisotopic (exact) mass is 291 g/mol. The molecule has 17 heavy (non-hydrogen) atoms. The van der Waals surface area contributed by atoms with Crippen molar-refractivity contribution in [3.63, 3.8) is 0 Å². The Bertz CT molecular complexity index is 715. The lowest BCUT2D eigenvalue weighted by molar-refractivity contribution is 0.939. The van der Waals surface area contributed by atoms with E-state index in [-0.39, 0.29) is 5.56 Å². The van der Waals surface area contributed by atoms with Crippen LogP contribution in [0.25, 0.3) is 17.3 Å². The highest BCUT2D eigenvalue weighted by Crippen LogP contribution is 2.15. The molecule has 3 heterocycles. The van der Waals surface area contributed by atoms with Crippen molar-refractivity contribution in [2.75, 3.05) is 0 Å². The van der Waals surface area contributed by atoms with E-state index in [1.54, 1.807) is 29.0 Å². The van der Waals surface area contributed by atoms with Crippen LogP contribution in [-0.4, -0.2) is 24.6 Å². The molecule has 0 atom stereocenters. The first-order valence-electron chi connectivity index (χ1n) is 4.80. The average Bonchev–Trinajstić information content (AvgIpc) is 2.71. The van der Waals surface area contributed by atoms with E-state index >= 15 is 0 Å². The predicted molar refractivity (Wildman–Crippen MR) is 64.5 cm³/mol. The van der Waals surface area contributed by atoms with Crippen LogP contribution >= 0.6 is 15.9 Å². The van der Waals surface area contributed by atoms with Crippen molar-refractivity contribution in [3.8, 4) is 11.5 Å². The Morgan fingerprint density at radius 2 is 2.24 bits per heavy atom. The number of aromatic amines is 1. The van der Waals surface area contributed by atoms with Gasteiger partial charge < -0.3 is 4.98 Å². The highest BCUT2D eigenvalue weighted by Gasteiger charge is 2.08. The van der Waals surface area contributed by atoms with Crippen molar-refractivity contribution in [3.05, 3.63) is 45.4 Å². The fourth-order valence-corrected chi connectivity index (χ4v) is 1.91. The number of H-pyrrole nitrogens is 1. The van der Waals surface area contributed by atoms with E-state index in [1.165, 1.54) is 6.07 Å². The van der Waals surface area contributed by atoms with E-state index in [9.17, 15) is 4.79 Å². The minimum atomic E-state index is -0.207. The number of nitrogens with one attached hydrogen (secondary N) is 1. The van der Waals surface area contributed by atoms with Gasteiger partial charge in [0.2, 0.25) is 5.56 Å². The summed E-state index contributed by atoms with van der Waals surface area (Å²) in [5.74, 6) is 0.922. The Labute approximate surface area is 103 Å². The lowest BCUT2D eigenvalue weighted by Crippen LogP contribution is -2.05. The van der Waals surface area contributed by atoms with Gasteiger partial charge in [0.1, 0.15) is 0 Å². The number of pyridine rings is 1. The quantitative estimate of drug-likeness (QED) is 0.732. The molecule has 7 heteroatoms. The van der Waals surface area contributed by atoms with Crippen molar-refractivity contribution < 1.29 is 0 Å². The number of fused-ring (bicyclic) bond motifs is 1. The number of nitrogens with zero attached hydrogens (tertiary/aromatic N) is 4. The second kappa shape index (κ2) is 3.77. The van der Waals surface area contributed by atoms with Crippen LogP contribution in [0, 0.1) is 0 Å². The second-order valence-corrected chi connectivity index (χ2v) is 4.29. The highest BCUT2D eigenvalue weighted by molar-refractivity contribution is 9.10. The molecule has 0 aromatic carbocycles. The maximum Gasteiger partial charge on any atom is 0.252 e. The number of rotatable bonds is 1. The van der Waals surface area contributed by atoms with Gasteiger partial charge in [-0.2, -0.15) is 4.98 Å². The van der Waals surface area contributed by atoms with E-state index in [0.717, 1.165) is 0 Å².